The lowest BCUT2D eigenvalue weighted by Crippen LogP contribution is -2.08. The van der Waals surface area contributed by atoms with E-state index < -0.39 is 0 Å². The fourth-order valence-corrected chi connectivity index (χ4v) is 3.27. The zero-order valence-corrected chi connectivity index (χ0v) is 15.9. The molecule has 2 heterocycles. The van der Waals surface area contributed by atoms with Gasteiger partial charge in [0.05, 0.1) is 12.7 Å². The van der Waals surface area contributed by atoms with Gasteiger partial charge in [-0.25, -0.2) is 0 Å². The van der Waals surface area contributed by atoms with Crippen molar-refractivity contribution in [2.24, 2.45) is 0 Å². The first-order chi connectivity index (χ1) is 13.5. The number of methoxy groups -OCH3 is 1. The molecule has 1 aromatic heterocycles. The highest BCUT2D eigenvalue weighted by molar-refractivity contribution is 5.90. The van der Waals surface area contributed by atoms with Gasteiger partial charge in [0.15, 0.2) is 11.5 Å². The normalized spacial score (nSPS) is 12.2. The Bertz CT molecular complexity index is 1150. The maximum atomic E-state index is 13.3. The molecule has 0 atom stereocenters. The minimum atomic E-state index is -0.240. The molecule has 0 spiro atoms. The van der Waals surface area contributed by atoms with Crippen molar-refractivity contribution in [2.45, 2.75) is 20.3 Å². The monoisotopic (exact) mass is 380 g/mol. The molecule has 0 saturated carbocycles. The molecule has 2 aromatic carbocycles. The molecule has 144 valence electrons. The lowest BCUT2D eigenvalue weighted by molar-refractivity contribution is 0.174. The molecule has 3 aromatic rings. The first kappa shape index (κ1) is 18.0. The second-order valence-corrected chi connectivity index (χ2v) is 6.81. The number of aromatic hydroxyl groups is 1. The van der Waals surface area contributed by atoms with Gasteiger partial charge in [0.1, 0.15) is 28.7 Å². The molecule has 0 fully saturated rings. The van der Waals surface area contributed by atoms with Gasteiger partial charge in [-0.05, 0) is 38.0 Å². The Morgan fingerprint density at radius 2 is 2.00 bits per heavy atom. The number of phenolic OH excluding ortho intramolecular Hbond substituents is 1. The van der Waals surface area contributed by atoms with Crippen LogP contribution in [0.4, 0.5) is 0 Å². The summed E-state index contributed by atoms with van der Waals surface area (Å²) in [5.74, 6) is 1.57. The summed E-state index contributed by atoms with van der Waals surface area (Å²) in [7, 11) is 1.48. The maximum Gasteiger partial charge on any atom is 0.231 e. The molecule has 6 heteroatoms. The standard InChI is InChI=1S/C22H20O6/c1-12(2)4-6-14-16(23)9-19-20(22(14)25-3)21(24)15(10-26-19)13-5-7-17-18(8-13)28-11-27-17/h4-5,7-10,23H,6,11H2,1-3H3. The van der Waals surface area contributed by atoms with E-state index in [0.717, 1.165) is 5.57 Å². The fraction of sp³-hybridized carbons (Fsp3) is 0.227. The van der Waals surface area contributed by atoms with Gasteiger partial charge in [0.25, 0.3) is 0 Å². The van der Waals surface area contributed by atoms with Gasteiger partial charge in [0.2, 0.25) is 12.2 Å². The molecule has 0 radical (unpaired) electrons. The molecule has 1 N–H and O–H groups in total. The molecule has 1 aliphatic heterocycles. The summed E-state index contributed by atoms with van der Waals surface area (Å²) in [4.78, 5) is 13.3. The summed E-state index contributed by atoms with van der Waals surface area (Å²) in [5.41, 5.74) is 2.71. The van der Waals surface area contributed by atoms with E-state index in [4.69, 9.17) is 18.6 Å². The van der Waals surface area contributed by atoms with E-state index in [0.29, 0.717) is 45.7 Å². The van der Waals surface area contributed by atoms with Crippen LogP contribution < -0.4 is 19.6 Å². The highest BCUT2D eigenvalue weighted by Gasteiger charge is 2.21. The number of ether oxygens (including phenoxy) is 3. The van der Waals surface area contributed by atoms with Crippen molar-refractivity contribution < 1.29 is 23.7 Å². The third kappa shape index (κ3) is 2.97. The molecule has 6 nitrogen and oxygen atoms in total. The van der Waals surface area contributed by atoms with Crippen LogP contribution in [0.1, 0.15) is 19.4 Å². The van der Waals surface area contributed by atoms with Crippen molar-refractivity contribution in [1.82, 2.24) is 0 Å². The number of hydrogen-bond acceptors (Lipinski definition) is 6. The van der Waals surface area contributed by atoms with Crippen LogP contribution in [0.3, 0.4) is 0 Å². The summed E-state index contributed by atoms with van der Waals surface area (Å²) in [6.07, 6.45) is 3.80. The van der Waals surface area contributed by atoms with Gasteiger partial charge in [-0.1, -0.05) is 17.7 Å². The quantitative estimate of drug-likeness (QED) is 0.676. The zero-order valence-electron chi connectivity index (χ0n) is 15.9. The van der Waals surface area contributed by atoms with E-state index in [-0.39, 0.29) is 23.6 Å². The molecule has 0 aliphatic carbocycles. The largest absolute Gasteiger partial charge is 0.507 e. The number of rotatable bonds is 4. The van der Waals surface area contributed by atoms with Crippen LogP contribution in [-0.4, -0.2) is 19.0 Å². The van der Waals surface area contributed by atoms with E-state index >= 15 is 0 Å². The molecule has 28 heavy (non-hydrogen) atoms. The Kier molecular flexibility index (Phi) is 4.47. The van der Waals surface area contributed by atoms with Crippen molar-refractivity contribution in [3.05, 3.63) is 58.0 Å². The van der Waals surface area contributed by atoms with E-state index in [1.807, 2.05) is 19.9 Å². The van der Waals surface area contributed by atoms with Gasteiger partial charge in [-0.2, -0.15) is 0 Å². The lowest BCUT2D eigenvalue weighted by atomic mass is 10.0. The molecule has 0 amide bonds. The second-order valence-electron chi connectivity index (χ2n) is 6.81. The van der Waals surface area contributed by atoms with Crippen molar-refractivity contribution in [1.29, 1.82) is 0 Å². The van der Waals surface area contributed by atoms with E-state index in [1.165, 1.54) is 19.4 Å². The van der Waals surface area contributed by atoms with Gasteiger partial charge in [-0.3, -0.25) is 4.79 Å². The van der Waals surface area contributed by atoms with Crippen LogP contribution in [0.2, 0.25) is 0 Å². The molecule has 0 unspecified atom stereocenters. The van der Waals surface area contributed by atoms with E-state index in [1.54, 1.807) is 18.2 Å². The number of benzene rings is 2. The Morgan fingerprint density at radius 1 is 1.21 bits per heavy atom. The first-order valence-corrected chi connectivity index (χ1v) is 8.87. The number of allylic oxidation sites excluding steroid dienone is 2. The van der Waals surface area contributed by atoms with Crippen LogP contribution in [-0.2, 0) is 6.42 Å². The van der Waals surface area contributed by atoms with E-state index in [2.05, 4.69) is 0 Å². The minimum Gasteiger partial charge on any atom is -0.507 e. The van der Waals surface area contributed by atoms with E-state index in [9.17, 15) is 9.90 Å². The zero-order chi connectivity index (χ0) is 19.8. The maximum absolute atomic E-state index is 13.3. The summed E-state index contributed by atoms with van der Waals surface area (Å²) in [6.45, 7) is 4.10. The van der Waals surface area contributed by atoms with Crippen LogP contribution in [0.25, 0.3) is 22.1 Å². The topological polar surface area (TPSA) is 78.1 Å². The SMILES string of the molecule is COc1c(CC=C(C)C)c(O)cc2occ(-c3ccc4c(c3)OCO4)c(=O)c12. The minimum absolute atomic E-state index is 0.0285. The van der Waals surface area contributed by atoms with Crippen LogP contribution in [0.15, 0.2) is 51.4 Å². The highest BCUT2D eigenvalue weighted by atomic mass is 16.7. The molecule has 4 rings (SSSR count). The van der Waals surface area contributed by atoms with Gasteiger partial charge >= 0.3 is 0 Å². The molecule has 1 aliphatic rings. The summed E-state index contributed by atoms with van der Waals surface area (Å²) >= 11 is 0. The van der Waals surface area contributed by atoms with Crippen molar-refractivity contribution >= 4 is 11.0 Å². The van der Waals surface area contributed by atoms with Gasteiger partial charge < -0.3 is 23.7 Å². The third-order valence-corrected chi connectivity index (χ3v) is 4.70. The summed E-state index contributed by atoms with van der Waals surface area (Å²) in [6, 6.07) is 6.74. The van der Waals surface area contributed by atoms with Crippen LogP contribution >= 0.6 is 0 Å². The average molecular weight is 380 g/mol. The molecule has 0 saturated heterocycles. The fourth-order valence-electron chi connectivity index (χ4n) is 3.27. The third-order valence-electron chi connectivity index (χ3n) is 4.70. The summed E-state index contributed by atoms with van der Waals surface area (Å²) in [5, 5.41) is 10.7. The van der Waals surface area contributed by atoms with Gasteiger partial charge in [0, 0.05) is 11.6 Å². The smallest absolute Gasteiger partial charge is 0.231 e. The molecular formula is C22H20O6. The van der Waals surface area contributed by atoms with Gasteiger partial charge in [-0.15, -0.1) is 0 Å². The Morgan fingerprint density at radius 3 is 2.75 bits per heavy atom. The number of hydrogen-bond donors (Lipinski definition) is 1. The molecule has 0 bridgehead atoms. The second kappa shape index (κ2) is 6.96. The highest BCUT2D eigenvalue weighted by Crippen LogP contribution is 2.38. The average Bonchev–Trinajstić information content (AvgIpc) is 3.14. The number of fused-ring (bicyclic) bond motifs is 2. The first-order valence-electron chi connectivity index (χ1n) is 8.87. The van der Waals surface area contributed by atoms with Crippen LogP contribution in [0, 0.1) is 0 Å². The predicted octanol–water partition coefficient (Wildman–Crippen LogP) is 4.41. The summed E-state index contributed by atoms with van der Waals surface area (Å²) < 4.78 is 21.9. The van der Waals surface area contributed by atoms with Crippen molar-refractivity contribution in [2.75, 3.05) is 13.9 Å². The van der Waals surface area contributed by atoms with Crippen LogP contribution in [0.5, 0.6) is 23.0 Å². The predicted molar refractivity (Wildman–Crippen MR) is 105 cm³/mol. The Labute approximate surface area is 161 Å². The van der Waals surface area contributed by atoms with Crippen molar-refractivity contribution in [3.8, 4) is 34.1 Å². The number of phenols is 1. The Hall–Kier alpha value is -3.41. The molecular weight excluding hydrogens is 360 g/mol. The Balaban J connectivity index is 1.94. The van der Waals surface area contributed by atoms with Crippen molar-refractivity contribution in [3.63, 3.8) is 0 Å². The lowest BCUT2D eigenvalue weighted by Gasteiger charge is -2.13.